The maximum absolute atomic E-state index is 11.9. The number of carbonyl (C=O) groups excluding carboxylic acids is 1. The summed E-state index contributed by atoms with van der Waals surface area (Å²) in [6.45, 7) is 3.59. The molecule has 0 aliphatic rings. The van der Waals surface area contributed by atoms with Gasteiger partial charge in [0.15, 0.2) is 0 Å². The maximum Gasteiger partial charge on any atom is 0.338 e. The normalized spacial score (nSPS) is 10.3. The van der Waals surface area contributed by atoms with Gasteiger partial charge in [0.1, 0.15) is 5.00 Å². The van der Waals surface area contributed by atoms with Crippen molar-refractivity contribution >= 4 is 39.6 Å². The van der Waals surface area contributed by atoms with Gasteiger partial charge in [-0.15, -0.1) is 22.7 Å². The van der Waals surface area contributed by atoms with Gasteiger partial charge in [0.05, 0.1) is 10.4 Å². The second kappa shape index (κ2) is 4.91. The lowest BCUT2D eigenvalue weighted by Gasteiger charge is -2.02. The first-order valence-corrected chi connectivity index (χ1v) is 6.88. The number of anilines is 1. The Bertz CT molecular complexity index is 599. The summed E-state index contributed by atoms with van der Waals surface area (Å²) in [6.07, 6.45) is 0. The van der Waals surface area contributed by atoms with Gasteiger partial charge in [-0.05, 0) is 30.9 Å². The molecular weight excluding hydrogens is 270 g/mol. The lowest BCUT2D eigenvalue weighted by molar-refractivity contribution is 0.0697. The Hall–Kier alpha value is -1.66. The van der Waals surface area contributed by atoms with Crippen molar-refractivity contribution in [3.63, 3.8) is 0 Å². The SMILES string of the molecule is Cc1sc(NC(=O)c2cccs2)c(C(=O)O)c1C. The smallest absolute Gasteiger partial charge is 0.338 e. The molecule has 0 aliphatic heterocycles. The minimum atomic E-state index is -1.02. The zero-order valence-electron chi connectivity index (χ0n) is 9.81. The quantitative estimate of drug-likeness (QED) is 0.906. The first-order valence-electron chi connectivity index (χ1n) is 5.19. The zero-order chi connectivity index (χ0) is 13.3. The van der Waals surface area contributed by atoms with Crippen molar-refractivity contribution in [2.45, 2.75) is 13.8 Å². The molecule has 0 atom stereocenters. The van der Waals surface area contributed by atoms with Gasteiger partial charge in [0.25, 0.3) is 5.91 Å². The van der Waals surface area contributed by atoms with E-state index in [0.717, 1.165) is 4.88 Å². The van der Waals surface area contributed by atoms with Crippen molar-refractivity contribution in [1.82, 2.24) is 0 Å². The molecule has 94 valence electrons. The Morgan fingerprint density at radius 2 is 2.06 bits per heavy atom. The summed E-state index contributed by atoms with van der Waals surface area (Å²) in [5.74, 6) is -1.29. The summed E-state index contributed by atoms with van der Waals surface area (Å²) in [4.78, 5) is 24.5. The number of hydrogen-bond acceptors (Lipinski definition) is 4. The van der Waals surface area contributed by atoms with E-state index in [-0.39, 0.29) is 11.5 Å². The molecule has 0 saturated carbocycles. The van der Waals surface area contributed by atoms with E-state index in [4.69, 9.17) is 5.11 Å². The summed E-state index contributed by atoms with van der Waals surface area (Å²) in [5.41, 5.74) is 0.886. The molecule has 0 aromatic carbocycles. The molecule has 2 N–H and O–H groups in total. The Kier molecular flexibility index (Phi) is 3.49. The van der Waals surface area contributed by atoms with Crippen molar-refractivity contribution in [3.8, 4) is 0 Å². The van der Waals surface area contributed by atoms with E-state index in [9.17, 15) is 9.59 Å². The predicted octanol–water partition coefficient (Wildman–Crippen LogP) is 3.38. The Balaban J connectivity index is 2.32. The van der Waals surface area contributed by atoms with Gasteiger partial charge in [-0.2, -0.15) is 0 Å². The molecule has 0 saturated heterocycles. The number of aromatic carboxylic acids is 1. The third kappa shape index (κ3) is 2.30. The lowest BCUT2D eigenvalue weighted by atomic mass is 10.1. The highest BCUT2D eigenvalue weighted by Gasteiger charge is 2.20. The molecule has 0 spiro atoms. The average Bonchev–Trinajstić information content (AvgIpc) is 2.88. The number of carboxylic acids is 1. The number of nitrogens with one attached hydrogen (secondary N) is 1. The fraction of sp³-hybridized carbons (Fsp3) is 0.167. The van der Waals surface area contributed by atoms with Crippen molar-refractivity contribution in [1.29, 1.82) is 0 Å². The third-order valence-electron chi connectivity index (χ3n) is 2.57. The Morgan fingerprint density at radius 1 is 1.33 bits per heavy atom. The van der Waals surface area contributed by atoms with Crippen LogP contribution >= 0.6 is 22.7 Å². The molecule has 2 aromatic heterocycles. The minimum Gasteiger partial charge on any atom is -0.478 e. The van der Waals surface area contributed by atoms with Crippen LogP contribution in [-0.4, -0.2) is 17.0 Å². The van der Waals surface area contributed by atoms with Crippen LogP contribution in [0.25, 0.3) is 0 Å². The van der Waals surface area contributed by atoms with Gasteiger partial charge in [0.2, 0.25) is 0 Å². The van der Waals surface area contributed by atoms with E-state index in [1.807, 2.05) is 6.92 Å². The van der Waals surface area contributed by atoms with Gasteiger partial charge in [-0.25, -0.2) is 4.79 Å². The number of thiophene rings is 2. The third-order valence-corrected chi connectivity index (χ3v) is 4.56. The van der Waals surface area contributed by atoms with E-state index in [0.29, 0.717) is 15.4 Å². The highest BCUT2D eigenvalue weighted by molar-refractivity contribution is 7.17. The fourth-order valence-electron chi connectivity index (χ4n) is 1.55. The van der Waals surface area contributed by atoms with E-state index < -0.39 is 5.97 Å². The fourth-order valence-corrected chi connectivity index (χ4v) is 3.21. The molecule has 0 fully saturated rings. The standard InChI is InChI=1S/C12H11NO3S2/c1-6-7(2)18-11(9(6)12(15)16)13-10(14)8-4-3-5-17-8/h3-5H,1-2H3,(H,13,14)(H,15,16). The summed E-state index contributed by atoms with van der Waals surface area (Å²) in [7, 11) is 0. The molecule has 6 heteroatoms. The molecule has 0 unspecified atom stereocenters. The number of hydrogen-bond donors (Lipinski definition) is 2. The topological polar surface area (TPSA) is 66.4 Å². The molecule has 2 aromatic rings. The largest absolute Gasteiger partial charge is 0.478 e. The zero-order valence-corrected chi connectivity index (χ0v) is 11.4. The number of aryl methyl sites for hydroxylation is 1. The molecule has 4 nitrogen and oxygen atoms in total. The van der Waals surface area contributed by atoms with Gasteiger partial charge < -0.3 is 10.4 Å². The number of amides is 1. The van der Waals surface area contributed by atoms with Crippen LogP contribution in [0.2, 0.25) is 0 Å². The van der Waals surface area contributed by atoms with Crippen molar-refractivity contribution < 1.29 is 14.7 Å². The summed E-state index contributed by atoms with van der Waals surface area (Å²) in [6, 6.07) is 3.48. The summed E-state index contributed by atoms with van der Waals surface area (Å²) in [5, 5.41) is 14.0. The first-order chi connectivity index (χ1) is 8.50. The van der Waals surface area contributed by atoms with Gasteiger partial charge in [0, 0.05) is 4.88 Å². The molecule has 2 rings (SSSR count). The molecule has 2 heterocycles. The monoisotopic (exact) mass is 281 g/mol. The van der Waals surface area contributed by atoms with Crippen molar-refractivity contribution in [2.75, 3.05) is 5.32 Å². The highest BCUT2D eigenvalue weighted by Crippen LogP contribution is 2.32. The lowest BCUT2D eigenvalue weighted by Crippen LogP contribution is -2.12. The van der Waals surface area contributed by atoms with Crippen LogP contribution in [0.1, 0.15) is 30.5 Å². The Morgan fingerprint density at radius 3 is 2.61 bits per heavy atom. The molecule has 0 bridgehead atoms. The summed E-state index contributed by atoms with van der Waals surface area (Å²) < 4.78 is 0. The molecular formula is C12H11NO3S2. The van der Waals surface area contributed by atoms with E-state index in [1.165, 1.54) is 22.7 Å². The van der Waals surface area contributed by atoms with Gasteiger partial charge >= 0.3 is 5.97 Å². The van der Waals surface area contributed by atoms with E-state index in [2.05, 4.69) is 5.32 Å². The Labute approximate surface area is 112 Å². The van der Waals surface area contributed by atoms with Crippen LogP contribution in [0, 0.1) is 13.8 Å². The van der Waals surface area contributed by atoms with Crippen molar-refractivity contribution in [3.05, 3.63) is 38.4 Å². The average molecular weight is 281 g/mol. The van der Waals surface area contributed by atoms with Crippen LogP contribution in [0.5, 0.6) is 0 Å². The van der Waals surface area contributed by atoms with E-state index >= 15 is 0 Å². The second-order valence-electron chi connectivity index (χ2n) is 3.72. The molecule has 0 radical (unpaired) electrons. The van der Waals surface area contributed by atoms with E-state index in [1.54, 1.807) is 24.4 Å². The number of carbonyl (C=O) groups is 2. The predicted molar refractivity (Wildman–Crippen MR) is 73.0 cm³/mol. The second-order valence-corrected chi connectivity index (χ2v) is 5.90. The van der Waals surface area contributed by atoms with Gasteiger partial charge in [-0.1, -0.05) is 6.07 Å². The highest BCUT2D eigenvalue weighted by atomic mass is 32.1. The number of carboxylic acid groups (broad SMARTS) is 1. The maximum atomic E-state index is 11.9. The van der Waals surface area contributed by atoms with Crippen molar-refractivity contribution in [2.24, 2.45) is 0 Å². The van der Waals surface area contributed by atoms with Crippen LogP contribution in [0.4, 0.5) is 5.00 Å². The molecule has 1 amide bonds. The minimum absolute atomic E-state index is 0.183. The number of rotatable bonds is 3. The van der Waals surface area contributed by atoms with Crippen LogP contribution in [0.3, 0.4) is 0 Å². The van der Waals surface area contributed by atoms with Crippen LogP contribution in [-0.2, 0) is 0 Å². The molecule has 18 heavy (non-hydrogen) atoms. The van der Waals surface area contributed by atoms with Crippen LogP contribution in [0.15, 0.2) is 17.5 Å². The summed E-state index contributed by atoms with van der Waals surface area (Å²) >= 11 is 2.61. The van der Waals surface area contributed by atoms with Crippen LogP contribution < -0.4 is 5.32 Å². The van der Waals surface area contributed by atoms with Gasteiger partial charge in [-0.3, -0.25) is 4.79 Å². The molecule has 0 aliphatic carbocycles. The first kappa shape index (κ1) is 12.8.